The molecule has 0 unspecified atom stereocenters. The summed E-state index contributed by atoms with van der Waals surface area (Å²) in [6.07, 6.45) is 1.51. The third-order valence-electron chi connectivity index (χ3n) is 3.37. The summed E-state index contributed by atoms with van der Waals surface area (Å²) < 4.78 is 5.11. The SMILES string of the molecule is O=C(Nc1cc(C2CC2)sc1C(=O)O)OCc1ccccc1. The van der Waals surface area contributed by atoms with E-state index in [1.807, 2.05) is 30.3 Å². The number of carbonyl (C=O) groups is 2. The van der Waals surface area contributed by atoms with Crippen molar-refractivity contribution in [3.8, 4) is 0 Å². The van der Waals surface area contributed by atoms with E-state index in [1.165, 1.54) is 11.3 Å². The van der Waals surface area contributed by atoms with Crippen LogP contribution in [0, 0.1) is 0 Å². The Labute approximate surface area is 131 Å². The number of ether oxygens (including phenoxy) is 1. The van der Waals surface area contributed by atoms with Gasteiger partial charge in [-0.2, -0.15) is 0 Å². The van der Waals surface area contributed by atoms with Crippen LogP contribution in [0.5, 0.6) is 0 Å². The van der Waals surface area contributed by atoms with Crippen LogP contribution < -0.4 is 5.32 Å². The van der Waals surface area contributed by atoms with Gasteiger partial charge < -0.3 is 9.84 Å². The Kier molecular flexibility index (Phi) is 4.11. The van der Waals surface area contributed by atoms with E-state index in [1.54, 1.807) is 6.07 Å². The smallest absolute Gasteiger partial charge is 0.412 e. The number of nitrogens with one attached hydrogen (secondary N) is 1. The quantitative estimate of drug-likeness (QED) is 0.871. The number of anilines is 1. The lowest BCUT2D eigenvalue weighted by molar-refractivity contribution is 0.0703. The van der Waals surface area contributed by atoms with Crippen molar-refractivity contribution in [2.75, 3.05) is 5.32 Å². The Morgan fingerprint density at radius 3 is 2.64 bits per heavy atom. The van der Waals surface area contributed by atoms with Crippen molar-refractivity contribution in [3.05, 3.63) is 51.7 Å². The number of aromatic carboxylic acids is 1. The predicted molar refractivity (Wildman–Crippen MR) is 83.5 cm³/mol. The number of hydrogen-bond acceptors (Lipinski definition) is 4. The highest BCUT2D eigenvalue weighted by atomic mass is 32.1. The normalized spacial score (nSPS) is 13.6. The largest absolute Gasteiger partial charge is 0.477 e. The van der Waals surface area contributed by atoms with Gasteiger partial charge in [0.25, 0.3) is 0 Å². The summed E-state index contributed by atoms with van der Waals surface area (Å²) in [6.45, 7) is 0.148. The van der Waals surface area contributed by atoms with Gasteiger partial charge in [-0.3, -0.25) is 5.32 Å². The second kappa shape index (κ2) is 6.19. The van der Waals surface area contributed by atoms with E-state index in [-0.39, 0.29) is 11.5 Å². The molecular formula is C16H15NO4S. The molecule has 2 aromatic rings. The summed E-state index contributed by atoms with van der Waals surface area (Å²) in [4.78, 5) is 24.3. The molecule has 0 saturated heterocycles. The highest BCUT2D eigenvalue weighted by molar-refractivity contribution is 7.14. The minimum atomic E-state index is -1.03. The molecule has 0 aliphatic heterocycles. The first-order valence-corrected chi connectivity index (χ1v) is 7.80. The standard InChI is InChI=1S/C16H15NO4S/c18-15(19)14-12(8-13(22-14)11-6-7-11)17-16(20)21-9-10-4-2-1-3-5-10/h1-5,8,11H,6-7,9H2,(H,17,20)(H,18,19). The van der Waals surface area contributed by atoms with Gasteiger partial charge in [0, 0.05) is 4.88 Å². The lowest BCUT2D eigenvalue weighted by Gasteiger charge is -2.06. The van der Waals surface area contributed by atoms with E-state index in [0.717, 1.165) is 23.3 Å². The zero-order valence-electron chi connectivity index (χ0n) is 11.7. The van der Waals surface area contributed by atoms with Gasteiger partial charge in [-0.25, -0.2) is 9.59 Å². The Morgan fingerprint density at radius 1 is 1.27 bits per heavy atom. The molecule has 1 amide bonds. The molecule has 1 fully saturated rings. The van der Waals surface area contributed by atoms with Crippen molar-refractivity contribution >= 4 is 29.1 Å². The van der Waals surface area contributed by atoms with Crippen LogP contribution in [0.1, 0.15) is 38.9 Å². The zero-order chi connectivity index (χ0) is 15.5. The lowest BCUT2D eigenvalue weighted by atomic mass is 10.2. The van der Waals surface area contributed by atoms with E-state index in [2.05, 4.69) is 5.32 Å². The summed E-state index contributed by atoms with van der Waals surface area (Å²) in [5.41, 5.74) is 1.19. The van der Waals surface area contributed by atoms with Crippen LogP contribution >= 0.6 is 11.3 Å². The molecule has 1 saturated carbocycles. The number of thiophene rings is 1. The van der Waals surface area contributed by atoms with E-state index in [0.29, 0.717) is 11.6 Å². The van der Waals surface area contributed by atoms with Crippen molar-refractivity contribution in [3.63, 3.8) is 0 Å². The Bertz CT molecular complexity index is 691. The number of amides is 1. The average Bonchev–Trinajstić information content (AvgIpc) is 3.27. The second-order valence-electron chi connectivity index (χ2n) is 5.16. The summed E-state index contributed by atoms with van der Waals surface area (Å²) in [5.74, 6) is -0.589. The Balaban J connectivity index is 1.64. The maximum Gasteiger partial charge on any atom is 0.412 e. The molecule has 1 heterocycles. The predicted octanol–water partition coefficient (Wildman–Crippen LogP) is 4.07. The molecule has 6 heteroatoms. The van der Waals surface area contributed by atoms with Gasteiger partial charge in [0.05, 0.1) is 5.69 Å². The number of hydrogen-bond donors (Lipinski definition) is 2. The maximum atomic E-state index is 11.8. The maximum absolute atomic E-state index is 11.8. The molecule has 3 rings (SSSR count). The molecule has 5 nitrogen and oxygen atoms in total. The summed E-state index contributed by atoms with van der Waals surface area (Å²) >= 11 is 1.22. The molecule has 2 N–H and O–H groups in total. The van der Waals surface area contributed by atoms with Gasteiger partial charge in [-0.1, -0.05) is 30.3 Å². The first-order chi connectivity index (χ1) is 10.6. The fraction of sp³-hybridized carbons (Fsp3) is 0.250. The van der Waals surface area contributed by atoms with Crippen LogP contribution in [0.4, 0.5) is 10.5 Å². The Morgan fingerprint density at radius 2 is 2.00 bits per heavy atom. The molecule has 1 aromatic carbocycles. The van der Waals surface area contributed by atoms with Crippen LogP contribution in [-0.2, 0) is 11.3 Å². The molecule has 0 atom stereocenters. The molecule has 0 bridgehead atoms. The minimum Gasteiger partial charge on any atom is -0.477 e. The van der Waals surface area contributed by atoms with Crippen molar-refractivity contribution in [1.29, 1.82) is 0 Å². The monoisotopic (exact) mass is 317 g/mol. The van der Waals surface area contributed by atoms with Gasteiger partial charge in [0.1, 0.15) is 11.5 Å². The molecule has 114 valence electrons. The zero-order valence-corrected chi connectivity index (χ0v) is 12.6. The van der Waals surface area contributed by atoms with Crippen LogP contribution in [0.25, 0.3) is 0 Å². The third-order valence-corrected chi connectivity index (χ3v) is 4.66. The lowest BCUT2D eigenvalue weighted by Crippen LogP contribution is -2.14. The van der Waals surface area contributed by atoms with E-state index in [4.69, 9.17) is 4.74 Å². The summed E-state index contributed by atoms with van der Waals surface area (Å²) in [7, 11) is 0. The van der Waals surface area contributed by atoms with Gasteiger partial charge in [-0.05, 0) is 30.4 Å². The fourth-order valence-electron chi connectivity index (χ4n) is 2.10. The number of carboxylic acids is 1. The van der Waals surface area contributed by atoms with Crippen molar-refractivity contribution < 1.29 is 19.4 Å². The van der Waals surface area contributed by atoms with Crippen LogP contribution in [0.2, 0.25) is 0 Å². The minimum absolute atomic E-state index is 0.148. The fourth-order valence-corrected chi connectivity index (χ4v) is 3.22. The molecule has 0 spiro atoms. The second-order valence-corrected chi connectivity index (χ2v) is 6.24. The number of rotatable bonds is 5. The summed E-state index contributed by atoms with van der Waals surface area (Å²) in [6, 6.07) is 11.1. The third kappa shape index (κ3) is 3.46. The van der Waals surface area contributed by atoms with E-state index < -0.39 is 12.1 Å². The van der Waals surface area contributed by atoms with Crippen molar-refractivity contribution in [1.82, 2.24) is 0 Å². The highest BCUT2D eigenvalue weighted by Crippen LogP contribution is 2.45. The van der Waals surface area contributed by atoms with Crippen LogP contribution in [0.3, 0.4) is 0 Å². The van der Waals surface area contributed by atoms with Crippen molar-refractivity contribution in [2.45, 2.75) is 25.4 Å². The molecule has 1 aliphatic carbocycles. The Hall–Kier alpha value is -2.34. The number of carbonyl (C=O) groups excluding carboxylic acids is 1. The van der Waals surface area contributed by atoms with Gasteiger partial charge in [0.15, 0.2) is 0 Å². The van der Waals surface area contributed by atoms with Crippen molar-refractivity contribution in [2.24, 2.45) is 0 Å². The van der Waals surface area contributed by atoms with Crippen LogP contribution in [-0.4, -0.2) is 17.2 Å². The van der Waals surface area contributed by atoms with Gasteiger partial charge in [0.2, 0.25) is 0 Å². The first kappa shape index (κ1) is 14.6. The highest BCUT2D eigenvalue weighted by Gasteiger charge is 2.28. The molecule has 1 aliphatic rings. The van der Waals surface area contributed by atoms with Crippen LogP contribution in [0.15, 0.2) is 36.4 Å². The van der Waals surface area contributed by atoms with E-state index in [9.17, 15) is 14.7 Å². The molecule has 0 radical (unpaired) electrons. The molecule has 1 aromatic heterocycles. The molecule has 22 heavy (non-hydrogen) atoms. The van der Waals surface area contributed by atoms with E-state index >= 15 is 0 Å². The number of benzene rings is 1. The topological polar surface area (TPSA) is 75.6 Å². The number of carboxylic acid groups (broad SMARTS) is 1. The van der Waals surface area contributed by atoms with Gasteiger partial charge in [-0.15, -0.1) is 11.3 Å². The summed E-state index contributed by atoms with van der Waals surface area (Å²) in [5, 5.41) is 11.8. The molecular weight excluding hydrogens is 302 g/mol. The first-order valence-electron chi connectivity index (χ1n) is 6.98. The van der Waals surface area contributed by atoms with Gasteiger partial charge >= 0.3 is 12.1 Å². The average molecular weight is 317 g/mol.